The minimum Gasteiger partial charge on any atom is -0.413 e. The number of hydrogen-bond donors (Lipinski definition) is 0. The quantitative estimate of drug-likeness (QED) is 0.138. The van der Waals surface area contributed by atoms with Crippen molar-refractivity contribution in [2.75, 3.05) is 0 Å². The number of hydrogen-bond acceptors (Lipinski definition) is 3. The van der Waals surface area contributed by atoms with E-state index >= 15 is 0 Å². The van der Waals surface area contributed by atoms with Crippen molar-refractivity contribution >= 4 is 25.0 Å². The molecule has 3 aliphatic carbocycles. The molecule has 51 heavy (non-hydrogen) atoms. The second-order valence-electron chi connectivity index (χ2n) is 21.0. The molecular weight excluding hydrogens is 673 g/mol. The maximum Gasteiger partial charge on any atom is 0.192 e. The van der Waals surface area contributed by atoms with Crippen molar-refractivity contribution in [1.82, 2.24) is 0 Å². The molecule has 0 unspecified atom stereocenters. The Morgan fingerprint density at radius 1 is 0.863 bits per heavy atom. The van der Waals surface area contributed by atoms with Crippen LogP contribution in [0.5, 0.6) is 0 Å². The van der Waals surface area contributed by atoms with E-state index in [0.29, 0.717) is 23.2 Å². The van der Waals surface area contributed by atoms with Gasteiger partial charge < -0.3 is 13.3 Å². The molecule has 0 aromatic rings. The van der Waals surface area contributed by atoms with Crippen LogP contribution >= 0.6 is 0 Å². The van der Waals surface area contributed by atoms with Crippen molar-refractivity contribution in [1.29, 1.82) is 0 Å². The number of fused-ring (bicyclic) bond motifs is 1. The van der Waals surface area contributed by atoms with Gasteiger partial charge in [0.1, 0.15) is 0 Å². The van der Waals surface area contributed by atoms with Crippen molar-refractivity contribution in [3.05, 3.63) is 59.8 Å². The van der Waals surface area contributed by atoms with Crippen LogP contribution in [0.1, 0.15) is 127 Å². The van der Waals surface area contributed by atoms with Gasteiger partial charge in [-0.3, -0.25) is 0 Å². The van der Waals surface area contributed by atoms with Crippen LogP contribution in [-0.2, 0) is 13.3 Å². The van der Waals surface area contributed by atoms with Gasteiger partial charge in [0.05, 0.1) is 17.8 Å². The largest absolute Gasteiger partial charge is 0.413 e. The molecule has 0 radical (unpaired) electrons. The van der Waals surface area contributed by atoms with Crippen LogP contribution in [0.15, 0.2) is 59.8 Å². The first kappa shape index (κ1) is 44.6. The summed E-state index contributed by atoms with van der Waals surface area (Å²) in [5.74, 6) is 1.92. The average Bonchev–Trinajstić information content (AvgIpc) is 3.35. The summed E-state index contributed by atoms with van der Waals surface area (Å²) in [6, 6.07) is 0. The maximum atomic E-state index is 7.12. The Hall–Kier alpha value is -0.769. The minimum absolute atomic E-state index is 0.0233. The molecule has 0 aliphatic heterocycles. The van der Waals surface area contributed by atoms with Gasteiger partial charge in [-0.25, -0.2) is 0 Å². The lowest BCUT2D eigenvalue weighted by Gasteiger charge is -2.45. The molecule has 292 valence electrons. The summed E-state index contributed by atoms with van der Waals surface area (Å²) >= 11 is 0. The first-order valence-electron chi connectivity index (χ1n) is 20.7. The molecule has 3 aliphatic rings. The predicted molar refractivity (Wildman–Crippen MR) is 232 cm³/mol. The van der Waals surface area contributed by atoms with Crippen LogP contribution in [-0.4, -0.2) is 42.8 Å². The zero-order valence-corrected chi connectivity index (χ0v) is 39.6. The third-order valence-corrected chi connectivity index (χ3v) is 24.1. The fraction of sp³-hybridized carbons (Fsp3) is 0.778. The highest BCUT2D eigenvalue weighted by molar-refractivity contribution is 6.74. The Labute approximate surface area is 320 Å². The van der Waals surface area contributed by atoms with Gasteiger partial charge in [0.25, 0.3) is 0 Å². The van der Waals surface area contributed by atoms with Crippen LogP contribution in [0.2, 0.25) is 55.9 Å². The molecule has 0 aromatic carbocycles. The molecule has 3 fully saturated rings. The smallest absolute Gasteiger partial charge is 0.192 e. The first-order chi connectivity index (χ1) is 23.2. The van der Waals surface area contributed by atoms with Crippen molar-refractivity contribution in [2.45, 2.75) is 201 Å². The van der Waals surface area contributed by atoms with Crippen molar-refractivity contribution in [3.8, 4) is 0 Å². The van der Waals surface area contributed by atoms with Gasteiger partial charge in [-0.05, 0) is 142 Å². The summed E-state index contributed by atoms with van der Waals surface area (Å²) in [6.07, 6.45) is 24.9. The Morgan fingerprint density at radius 3 is 2.00 bits per heavy atom. The zero-order valence-electron chi connectivity index (χ0n) is 36.6. The molecule has 3 rings (SSSR count). The summed E-state index contributed by atoms with van der Waals surface area (Å²) in [6.45, 7) is 44.8. The molecule has 0 spiro atoms. The summed E-state index contributed by atoms with van der Waals surface area (Å²) in [4.78, 5) is 0. The molecule has 6 heteroatoms. The molecule has 3 nitrogen and oxygen atoms in total. The van der Waals surface area contributed by atoms with E-state index < -0.39 is 25.0 Å². The predicted octanol–water partition coefficient (Wildman–Crippen LogP) is 14.3. The lowest BCUT2D eigenvalue weighted by Crippen LogP contribution is -2.49. The highest BCUT2D eigenvalue weighted by Crippen LogP contribution is 2.59. The molecule has 0 heterocycles. The van der Waals surface area contributed by atoms with Gasteiger partial charge in [0, 0.05) is 6.42 Å². The van der Waals surface area contributed by atoms with Crippen molar-refractivity contribution < 1.29 is 13.3 Å². The zero-order chi connectivity index (χ0) is 38.8. The van der Waals surface area contributed by atoms with E-state index in [1.165, 1.54) is 43.3 Å². The molecule has 3 saturated carbocycles. The summed E-state index contributed by atoms with van der Waals surface area (Å²) in [5, 5.41) is 0.327. The molecule has 0 aromatic heterocycles. The fourth-order valence-electron chi connectivity index (χ4n) is 8.79. The maximum absolute atomic E-state index is 7.12. The fourth-order valence-corrected chi connectivity index (χ4v) is 13.0. The molecule has 0 saturated heterocycles. The normalized spacial score (nSPS) is 29.9. The Morgan fingerprint density at radius 2 is 1.45 bits per heavy atom. The minimum atomic E-state index is -1.99. The SMILES string of the molecule is C=C1C(=CC=C2CCC[C@]3(C)[C@@H]([C@H](C)C=CC=CC(CC)(CC)O[Si](C)(C)C)CC[C@@H]23)C[C@@H](O[Si](C)(C)C(C)(C)C)C[C@@H]1O[Si](C)(C)C(C)(C)C. The highest BCUT2D eigenvalue weighted by atomic mass is 28.4. The van der Waals surface area contributed by atoms with E-state index in [2.05, 4.69) is 152 Å². The Kier molecular flexibility index (Phi) is 14.5. The third-order valence-electron chi connectivity index (χ3n) is 14.0. The van der Waals surface area contributed by atoms with E-state index in [9.17, 15) is 0 Å². The van der Waals surface area contributed by atoms with Gasteiger partial charge in [-0.1, -0.05) is 118 Å². The van der Waals surface area contributed by atoms with Gasteiger partial charge in [0.15, 0.2) is 25.0 Å². The lowest BCUT2D eigenvalue weighted by atomic mass is 9.61. The van der Waals surface area contributed by atoms with E-state index in [4.69, 9.17) is 19.9 Å². The van der Waals surface area contributed by atoms with Crippen LogP contribution < -0.4 is 0 Å². The van der Waals surface area contributed by atoms with Crippen LogP contribution in [0.4, 0.5) is 0 Å². The van der Waals surface area contributed by atoms with Gasteiger partial charge >= 0.3 is 0 Å². The van der Waals surface area contributed by atoms with Crippen molar-refractivity contribution in [3.63, 3.8) is 0 Å². The number of rotatable bonds is 13. The Balaban J connectivity index is 1.86. The van der Waals surface area contributed by atoms with E-state index in [-0.39, 0.29) is 27.9 Å². The molecule has 6 atom stereocenters. The summed E-state index contributed by atoms with van der Waals surface area (Å²) in [7, 11) is -5.56. The lowest BCUT2D eigenvalue weighted by molar-refractivity contribution is 0.0969. The molecule has 0 amide bonds. The van der Waals surface area contributed by atoms with Crippen molar-refractivity contribution in [2.24, 2.45) is 23.2 Å². The highest BCUT2D eigenvalue weighted by Gasteiger charge is 2.50. The second-order valence-corrected chi connectivity index (χ2v) is 34.9. The summed E-state index contributed by atoms with van der Waals surface area (Å²) < 4.78 is 20.9. The van der Waals surface area contributed by atoms with E-state index in [1.54, 1.807) is 5.57 Å². The second kappa shape index (κ2) is 16.5. The molecular formula is C45H82O3Si3. The first-order valence-corrected chi connectivity index (χ1v) is 29.9. The average molecular weight is 755 g/mol. The van der Waals surface area contributed by atoms with Crippen LogP contribution in [0, 0.1) is 23.2 Å². The number of allylic oxidation sites excluding steroid dienone is 6. The van der Waals surface area contributed by atoms with Gasteiger partial charge in [0.2, 0.25) is 0 Å². The van der Waals surface area contributed by atoms with Crippen LogP contribution in [0.25, 0.3) is 0 Å². The topological polar surface area (TPSA) is 27.7 Å². The third kappa shape index (κ3) is 10.9. The van der Waals surface area contributed by atoms with Gasteiger partial charge in [-0.2, -0.15) is 0 Å². The van der Waals surface area contributed by atoms with E-state index in [0.717, 1.165) is 25.7 Å². The van der Waals surface area contributed by atoms with E-state index in [1.807, 2.05) is 0 Å². The standard InChI is InChI=1S/C45H82O3Si3/c1-19-45(20-2,48-49(12,13)14)31-22-21-24-34(3)39-28-29-40-36(25-23-30-44(39,40)11)26-27-37-32-38(46-50(15,16)42(5,6)7)33-41(35(37)4)47-51(17,18)43(8,9)10/h21-22,24,26-27,31,34,38-41H,4,19-20,23,25,28-30,32-33H2,1-3,5-18H3/t34-,38-,39-,40+,41+,44-/m1/s1. The molecule has 0 bridgehead atoms. The monoisotopic (exact) mass is 755 g/mol. The van der Waals surface area contributed by atoms with Gasteiger partial charge in [-0.15, -0.1) is 0 Å². The Bertz CT molecular complexity index is 1310. The van der Waals surface area contributed by atoms with Crippen LogP contribution in [0.3, 0.4) is 0 Å². The molecule has 0 N–H and O–H groups in total. The summed E-state index contributed by atoms with van der Waals surface area (Å²) in [5.41, 5.74) is 4.40.